The van der Waals surface area contributed by atoms with Crippen LogP contribution in [0.1, 0.15) is 44.0 Å². The van der Waals surface area contributed by atoms with Crippen LogP contribution in [0.3, 0.4) is 0 Å². The zero-order valence-corrected chi connectivity index (χ0v) is 15.5. The van der Waals surface area contributed by atoms with Gasteiger partial charge in [-0.2, -0.15) is 5.10 Å². The molecule has 1 aromatic carbocycles. The number of nitrogens with zero attached hydrogens (tertiary/aromatic N) is 3. The fraction of sp³-hybridized carbons (Fsp3) is 0.500. The molecule has 1 aliphatic rings. The molecule has 1 saturated heterocycles. The molecule has 2 heterocycles. The molecular formula is C20H27N3O2. The lowest BCUT2D eigenvalue weighted by Gasteiger charge is -2.20. The maximum atomic E-state index is 11.2. The molecule has 25 heavy (non-hydrogen) atoms. The highest BCUT2D eigenvalue weighted by Crippen LogP contribution is 2.28. The Labute approximate surface area is 149 Å². The first kappa shape index (κ1) is 17.7. The third kappa shape index (κ3) is 3.93. The highest BCUT2D eigenvalue weighted by atomic mass is 16.4. The maximum absolute atomic E-state index is 11.2. The van der Waals surface area contributed by atoms with E-state index >= 15 is 0 Å². The van der Waals surface area contributed by atoms with Crippen LogP contribution >= 0.6 is 0 Å². The number of aryl methyl sites for hydroxylation is 1. The summed E-state index contributed by atoms with van der Waals surface area (Å²) in [5.74, 6) is -0.931. The lowest BCUT2D eigenvalue weighted by molar-refractivity contribution is -0.141. The lowest BCUT2D eigenvalue weighted by Crippen LogP contribution is -2.24. The summed E-state index contributed by atoms with van der Waals surface area (Å²) in [7, 11) is 0. The molecule has 1 atom stereocenters. The SMILES string of the molecule is Cc1ccc(-n2cc(CN3CCC(C(=O)O)C3)c(C(C)(C)C)n2)cc1. The summed E-state index contributed by atoms with van der Waals surface area (Å²) in [6.45, 7) is 10.8. The number of hydrogen-bond acceptors (Lipinski definition) is 3. The highest BCUT2D eigenvalue weighted by Gasteiger charge is 2.30. The van der Waals surface area contributed by atoms with E-state index < -0.39 is 5.97 Å². The summed E-state index contributed by atoms with van der Waals surface area (Å²) in [5, 5.41) is 14.1. The zero-order valence-electron chi connectivity index (χ0n) is 15.5. The van der Waals surface area contributed by atoms with Gasteiger partial charge in [-0.05, 0) is 32.0 Å². The van der Waals surface area contributed by atoms with E-state index in [0.717, 1.165) is 30.9 Å². The van der Waals surface area contributed by atoms with E-state index in [-0.39, 0.29) is 11.3 Å². The molecule has 0 bridgehead atoms. The van der Waals surface area contributed by atoms with Gasteiger partial charge in [0.2, 0.25) is 0 Å². The van der Waals surface area contributed by atoms with Gasteiger partial charge >= 0.3 is 5.97 Å². The molecule has 134 valence electrons. The van der Waals surface area contributed by atoms with Crippen molar-refractivity contribution in [3.8, 4) is 5.69 Å². The zero-order chi connectivity index (χ0) is 18.2. The summed E-state index contributed by atoms with van der Waals surface area (Å²) in [6, 6.07) is 8.33. The Morgan fingerprint density at radius 1 is 1.28 bits per heavy atom. The summed E-state index contributed by atoms with van der Waals surface area (Å²) in [5.41, 5.74) is 4.47. The predicted octanol–water partition coefficient (Wildman–Crippen LogP) is 3.38. The largest absolute Gasteiger partial charge is 0.481 e. The van der Waals surface area contributed by atoms with E-state index in [1.165, 1.54) is 11.1 Å². The summed E-state index contributed by atoms with van der Waals surface area (Å²) >= 11 is 0. The molecule has 1 aliphatic heterocycles. The van der Waals surface area contributed by atoms with Crippen molar-refractivity contribution in [2.75, 3.05) is 13.1 Å². The Hall–Kier alpha value is -2.14. The quantitative estimate of drug-likeness (QED) is 0.926. The van der Waals surface area contributed by atoms with Crippen molar-refractivity contribution < 1.29 is 9.90 Å². The van der Waals surface area contributed by atoms with Crippen molar-refractivity contribution >= 4 is 5.97 Å². The van der Waals surface area contributed by atoms with Crippen LogP contribution in [0.5, 0.6) is 0 Å². The van der Waals surface area contributed by atoms with Gasteiger partial charge in [0.1, 0.15) is 0 Å². The summed E-state index contributed by atoms with van der Waals surface area (Å²) < 4.78 is 1.94. The fourth-order valence-corrected chi connectivity index (χ4v) is 3.41. The lowest BCUT2D eigenvalue weighted by atomic mass is 9.89. The molecule has 3 rings (SSSR count). The van der Waals surface area contributed by atoms with Crippen LogP contribution < -0.4 is 0 Å². The number of benzene rings is 1. The highest BCUT2D eigenvalue weighted by molar-refractivity contribution is 5.70. The molecule has 5 nitrogen and oxygen atoms in total. The number of carbonyl (C=O) groups is 1. The average Bonchev–Trinajstić information content (AvgIpc) is 3.15. The number of carboxylic acids is 1. The maximum Gasteiger partial charge on any atom is 0.307 e. The van der Waals surface area contributed by atoms with E-state index in [4.69, 9.17) is 5.10 Å². The number of rotatable bonds is 4. The minimum Gasteiger partial charge on any atom is -0.481 e. The second kappa shape index (κ2) is 6.64. The Balaban J connectivity index is 1.87. The van der Waals surface area contributed by atoms with Crippen LogP contribution in [-0.2, 0) is 16.8 Å². The summed E-state index contributed by atoms with van der Waals surface area (Å²) in [4.78, 5) is 13.4. The second-order valence-electron chi connectivity index (χ2n) is 8.09. The van der Waals surface area contributed by atoms with Crippen molar-refractivity contribution in [2.45, 2.75) is 46.1 Å². The third-order valence-corrected chi connectivity index (χ3v) is 4.81. The van der Waals surface area contributed by atoms with Gasteiger partial charge in [-0.3, -0.25) is 9.69 Å². The van der Waals surface area contributed by atoms with Gasteiger partial charge in [0.25, 0.3) is 0 Å². The number of aliphatic carboxylic acids is 1. The van der Waals surface area contributed by atoms with Crippen molar-refractivity contribution in [3.63, 3.8) is 0 Å². The first-order chi connectivity index (χ1) is 11.7. The van der Waals surface area contributed by atoms with Gasteiger partial charge in [0.15, 0.2) is 0 Å². The van der Waals surface area contributed by atoms with E-state index in [9.17, 15) is 9.90 Å². The van der Waals surface area contributed by atoms with Crippen molar-refractivity contribution in [1.29, 1.82) is 0 Å². The monoisotopic (exact) mass is 341 g/mol. The molecule has 1 aromatic heterocycles. The Bertz CT molecular complexity index is 756. The molecule has 0 amide bonds. The molecule has 0 spiro atoms. The average molecular weight is 341 g/mol. The predicted molar refractivity (Wildman–Crippen MR) is 98.0 cm³/mol. The van der Waals surface area contributed by atoms with Crippen molar-refractivity contribution in [1.82, 2.24) is 14.7 Å². The number of hydrogen-bond donors (Lipinski definition) is 1. The molecule has 0 aliphatic carbocycles. The summed E-state index contributed by atoms with van der Waals surface area (Å²) in [6.07, 6.45) is 2.83. The number of likely N-dealkylation sites (tertiary alicyclic amines) is 1. The minimum absolute atomic E-state index is 0.0583. The van der Waals surface area contributed by atoms with Crippen molar-refractivity contribution in [2.24, 2.45) is 5.92 Å². The Kier molecular flexibility index (Phi) is 4.69. The first-order valence-electron chi connectivity index (χ1n) is 8.85. The van der Waals surface area contributed by atoms with Crippen LogP contribution in [0, 0.1) is 12.8 Å². The van der Waals surface area contributed by atoms with E-state index in [0.29, 0.717) is 6.54 Å². The third-order valence-electron chi connectivity index (χ3n) is 4.81. The molecule has 5 heteroatoms. The number of aromatic nitrogens is 2. The Morgan fingerprint density at radius 3 is 2.52 bits per heavy atom. The van der Waals surface area contributed by atoms with Crippen LogP contribution in [0.2, 0.25) is 0 Å². The molecule has 0 saturated carbocycles. The first-order valence-corrected chi connectivity index (χ1v) is 8.85. The number of carboxylic acid groups (broad SMARTS) is 1. The van der Waals surface area contributed by atoms with Gasteiger partial charge in [-0.15, -0.1) is 0 Å². The fourth-order valence-electron chi connectivity index (χ4n) is 3.41. The smallest absolute Gasteiger partial charge is 0.307 e. The van der Waals surface area contributed by atoms with Crippen LogP contribution in [0.4, 0.5) is 0 Å². The topological polar surface area (TPSA) is 58.4 Å². The van der Waals surface area contributed by atoms with Crippen LogP contribution in [0.15, 0.2) is 30.5 Å². The van der Waals surface area contributed by atoms with Gasteiger partial charge < -0.3 is 5.11 Å². The van der Waals surface area contributed by atoms with E-state index in [1.807, 2.05) is 4.68 Å². The van der Waals surface area contributed by atoms with Gasteiger partial charge in [-0.1, -0.05) is 38.5 Å². The van der Waals surface area contributed by atoms with E-state index in [2.05, 4.69) is 63.1 Å². The van der Waals surface area contributed by atoms with Gasteiger partial charge in [0, 0.05) is 30.3 Å². The standard InChI is InChI=1S/C20H27N3O2/c1-14-5-7-17(8-6-14)23-13-16(18(21-23)20(2,3)4)12-22-10-9-15(11-22)19(24)25/h5-8,13,15H,9-12H2,1-4H3,(H,24,25). The molecular weight excluding hydrogens is 314 g/mol. The van der Waals surface area contributed by atoms with Gasteiger partial charge in [0.05, 0.1) is 17.3 Å². The van der Waals surface area contributed by atoms with E-state index in [1.54, 1.807) is 0 Å². The van der Waals surface area contributed by atoms with Gasteiger partial charge in [-0.25, -0.2) is 4.68 Å². The van der Waals surface area contributed by atoms with Crippen LogP contribution in [0.25, 0.3) is 5.69 Å². The minimum atomic E-state index is -0.686. The molecule has 1 unspecified atom stereocenters. The Morgan fingerprint density at radius 2 is 1.96 bits per heavy atom. The van der Waals surface area contributed by atoms with Crippen molar-refractivity contribution in [3.05, 3.63) is 47.3 Å². The molecule has 0 radical (unpaired) electrons. The second-order valence-corrected chi connectivity index (χ2v) is 8.09. The normalized spacial score (nSPS) is 18.6. The molecule has 2 aromatic rings. The van der Waals surface area contributed by atoms with Crippen LogP contribution in [-0.4, -0.2) is 38.8 Å². The molecule has 1 fully saturated rings. The molecule has 1 N–H and O–H groups in total.